The van der Waals surface area contributed by atoms with Gasteiger partial charge in [-0.15, -0.1) is 0 Å². The molecule has 7 heteroatoms. The maximum Gasteiger partial charge on any atom is 0.269 e. The molecule has 0 unspecified atom stereocenters. The standard InChI is InChI=1S/C18H18Cl2N2O3/c1-2-25-15-8-4-13(5-9-15)18(24)22-21-17(23)10-6-12-3-7-14(19)11-16(12)20/h3-5,7-9,11H,2,6,10H2,1H3,(H,21,23)(H,22,24). The number of nitrogens with one attached hydrogen (secondary N) is 2. The van der Waals surface area contributed by atoms with Crippen molar-refractivity contribution in [2.24, 2.45) is 0 Å². The minimum Gasteiger partial charge on any atom is -0.494 e. The molecule has 2 rings (SSSR count). The van der Waals surface area contributed by atoms with E-state index in [4.69, 9.17) is 27.9 Å². The minimum absolute atomic E-state index is 0.185. The number of rotatable bonds is 6. The highest BCUT2D eigenvalue weighted by molar-refractivity contribution is 6.35. The summed E-state index contributed by atoms with van der Waals surface area (Å²) >= 11 is 11.9. The molecular formula is C18H18Cl2N2O3. The Morgan fingerprint density at radius 2 is 1.76 bits per heavy atom. The van der Waals surface area contributed by atoms with Gasteiger partial charge in [-0.3, -0.25) is 20.4 Å². The number of aryl methyl sites for hydroxylation is 1. The Balaban J connectivity index is 1.79. The van der Waals surface area contributed by atoms with Crippen molar-refractivity contribution in [1.82, 2.24) is 10.9 Å². The highest BCUT2D eigenvalue weighted by atomic mass is 35.5. The summed E-state index contributed by atoms with van der Waals surface area (Å²) in [4.78, 5) is 23.8. The molecule has 0 bridgehead atoms. The van der Waals surface area contributed by atoms with E-state index in [1.807, 2.05) is 6.92 Å². The second-order valence-corrected chi connectivity index (χ2v) is 6.04. The van der Waals surface area contributed by atoms with Gasteiger partial charge in [0, 0.05) is 22.0 Å². The Hall–Kier alpha value is -2.24. The van der Waals surface area contributed by atoms with E-state index in [-0.39, 0.29) is 12.3 Å². The van der Waals surface area contributed by atoms with Crippen molar-refractivity contribution in [2.45, 2.75) is 19.8 Å². The highest BCUT2D eigenvalue weighted by Crippen LogP contribution is 2.22. The van der Waals surface area contributed by atoms with Crippen molar-refractivity contribution in [2.75, 3.05) is 6.61 Å². The first-order valence-electron chi connectivity index (χ1n) is 7.75. The monoisotopic (exact) mass is 380 g/mol. The smallest absolute Gasteiger partial charge is 0.269 e. The molecule has 0 aliphatic heterocycles. The van der Waals surface area contributed by atoms with E-state index in [0.29, 0.717) is 34.4 Å². The lowest BCUT2D eigenvalue weighted by atomic mass is 10.1. The van der Waals surface area contributed by atoms with Crippen molar-refractivity contribution in [1.29, 1.82) is 0 Å². The molecule has 0 atom stereocenters. The summed E-state index contributed by atoms with van der Waals surface area (Å²) in [6.07, 6.45) is 0.631. The number of hydrazine groups is 1. The lowest BCUT2D eigenvalue weighted by Gasteiger charge is -2.09. The number of amides is 2. The highest BCUT2D eigenvalue weighted by Gasteiger charge is 2.09. The van der Waals surface area contributed by atoms with E-state index in [1.165, 1.54) is 0 Å². The molecule has 5 nitrogen and oxygen atoms in total. The number of hydrogen-bond acceptors (Lipinski definition) is 3. The Bertz CT molecular complexity index is 748. The van der Waals surface area contributed by atoms with Crippen molar-refractivity contribution in [3.05, 3.63) is 63.6 Å². The zero-order valence-electron chi connectivity index (χ0n) is 13.6. The van der Waals surface area contributed by atoms with Crippen LogP contribution in [0.3, 0.4) is 0 Å². The Labute approximate surface area is 156 Å². The molecule has 0 aromatic heterocycles. The second kappa shape index (κ2) is 9.30. The summed E-state index contributed by atoms with van der Waals surface area (Å²) in [5, 5.41) is 1.06. The topological polar surface area (TPSA) is 67.4 Å². The van der Waals surface area contributed by atoms with Gasteiger partial charge in [0.2, 0.25) is 5.91 Å². The fourth-order valence-electron chi connectivity index (χ4n) is 2.10. The molecule has 0 heterocycles. The van der Waals surface area contributed by atoms with Gasteiger partial charge in [0.05, 0.1) is 6.61 Å². The lowest BCUT2D eigenvalue weighted by Crippen LogP contribution is -2.41. The van der Waals surface area contributed by atoms with Gasteiger partial charge in [-0.1, -0.05) is 29.3 Å². The van der Waals surface area contributed by atoms with Crippen LogP contribution in [0.25, 0.3) is 0 Å². The maximum atomic E-state index is 12.0. The molecular weight excluding hydrogens is 363 g/mol. The molecule has 0 spiro atoms. The van der Waals surface area contributed by atoms with Crippen LogP contribution >= 0.6 is 23.2 Å². The summed E-state index contributed by atoms with van der Waals surface area (Å²) < 4.78 is 5.31. The van der Waals surface area contributed by atoms with Gasteiger partial charge in [-0.2, -0.15) is 0 Å². The van der Waals surface area contributed by atoms with Crippen LogP contribution in [-0.2, 0) is 11.2 Å². The van der Waals surface area contributed by atoms with Gasteiger partial charge >= 0.3 is 0 Å². The third kappa shape index (κ3) is 5.96. The molecule has 2 amide bonds. The first kappa shape index (κ1) is 19.1. The van der Waals surface area contributed by atoms with Crippen LogP contribution in [0.4, 0.5) is 0 Å². The molecule has 0 saturated heterocycles. The van der Waals surface area contributed by atoms with Gasteiger partial charge in [-0.05, 0) is 55.3 Å². The van der Waals surface area contributed by atoms with Crippen LogP contribution in [0, 0.1) is 0 Å². The van der Waals surface area contributed by atoms with Crippen molar-refractivity contribution < 1.29 is 14.3 Å². The summed E-state index contributed by atoms with van der Waals surface area (Å²) in [7, 11) is 0. The number of halogens is 2. The quantitative estimate of drug-likeness (QED) is 0.749. The van der Waals surface area contributed by atoms with E-state index < -0.39 is 5.91 Å². The number of carbonyl (C=O) groups excluding carboxylic acids is 2. The summed E-state index contributed by atoms with van der Waals surface area (Å²) in [6, 6.07) is 11.8. The summed E-state index contributed by atoms with van der Waals surface area (Å²) in [5.41, 5.74) is 6.00. The number of ether oxygens (including phenoxy) is 1. The number of benzene rings is 2. The van der Waals surface area contributed by atoms with E-state index in [9.17, 15) is 9.59 Å². The Morgan fingerprint density at radius 3 is 2.40 bits per heavy atom. The van der Waals surface area contributed by atoms with Gasteiger partial charge < -0.3 is 4.74 Å². The zero-order valence-corrected chi connectivity index (χ0v) is 15.2. The fourth-order valence-corrected chi connectivity index (χ4v) is 2.61. The summed E-state index contributed by atoms with van der Waals surface area (Å²) in [5.74, 6) is -0.0332. The predicted molar refractivity (Wildman–Crippen MR) is 98.0 cm³/mol. The van der Waals surface area contributed by atoms with E-state index in [2.05, 4.69) is 10.9 Å². The molecule has 2 aromatic carbocycles. The van der Waals surface area contributed by atoms with Gasteiger partial charge in [0.15, 0.2) is 0 Å². The molecule has 0 aliphatic rings. The van der Waals surface area contributed by atoms with E-state index >= 15 is 0 Å². The molecule has 0 fully saturated rings. The Morgan fingerprint density at radius 1 is 1.04 bits per heavy atom. The molecule has 0 aliphatic carbocycles. The van der Waals surface area contributed by atoms with Gasteiger partial charge in [0.25, 0.3) is 5.91 Å². The first-order valence-corrected chi connectivity index (χ1v) is 8.51. The van der Waals surface area contributed by atoms with Crippen molar-refractivity contribution in [3.63, 3.8) is 0 Å². The number of carbonyl (C=O) groups is 2. The molecule has 0 radical (unpaired) electrons. The third-order valence-electron chi connectivity index (χ3n) is 3.38. The maximum absolute atomic E-state index is 12.0. The van der Waals surface area contributed by atoms with Crippen LogP contribution in [0.15, 0.2) is 42.5 Å². The zero-order chi connectivity index (χ0) is 18.2. The first-order chi connectivity index (χ1) is 12.0. The molecule has 25 heavy (non-hydrogen) atoms. The summed E-state index contributed by atoms with van der Waals surface area (Å²) in [6.45, 7) is 2.44. The third-order valence-corrected chi connectivity index (χ3v) is 3.97. The van der Waals surface area contributed by atoms with Crippen LogP contribution in [0.2, 0.25) is 10.0 Å². The predicted octanol–water partition coefficient (Wildman–Crippen LogP) is 3.79. The van der Waals surface area contributed by atoms with Crippen LogP contribution in [-0.4, -0.2) is 18.4 Å². The average Bonchev–Trinajstić information content (AvgIpc) is 2.60. The van der Waals surface area contributed by atoms with Gasteiger partial charge in [-0.25, -0.2) is 0 Å². The van der Waals surface area contributed by atoms with Crippen molar-refractivity contribution in [3.8, 4) is 5.75 Å². The normalized spacial score (nSPS) is 10.2. The lowest BCUT2D eigenvalue weighted by molar-refractivity contribution is -0.121. The fraction of sp³-hybridized carbons (Fsp3) is 0.222. The largest absolute Gasteiger partial charge is 0.494 e. The molecule has 2 aromatic rings. The van der Waals surface area contributed by atoms with E-state index in [1.54, 1.807) is 42.5 Å². The van der Waals surface area contributed by atoms with Gasteiger partial charge in [0.1, 0.15) is 5.75 Å². The van der Waals surface area contributed by atoms with E-state index in [0.717, 1.165) is 5.56 Å². The molecule has 0 saturated carbocycles. The SMILES string of the molecule is CCOc1ccc(C(=O)NNC(=O)CCc2ccc(Cl)cc2Cl)cc1. The van der Waals surface area contributed by atoms with Crippen LogP contribution in [0.1, 0.15) is 29.3 Å². The average molecular weight is 381 g/mol. The molecule has 132 valence electrons. The number of hydrogen-bond donors (Lipinski definition) is 2. The Kier molecular flexibility index (Phi) is 7.10. The van der Waals surface area contributed by atoms with Crippen LogP contribution < -0.4 is 15.6 Å². The van der Waals surface area contributed by atoms with Crippen LogP contribution in [0.5, 0.6) is 5.75 Å². The second-order valence-electron chi connectivity index (χ2n) is 5.20. The minimum atomic E-state index is -0.402. The van der Waals surface area contributed by atoms with Crippen molar-refractivity contribution >= 4 is 35.0 Å². The molecule has 2 N–H and O–H groups in total.